The van der Waals surface area contributed by atoms with E-state index in [1.165, 1.54) is 0 Å². The van der Waals surface area contributed by atoms with Crippen LogP contribution >= 0.6 is 12.4 Å². The second-order valence-corrected chi connectivity index (χ2v) is 4.04. The maximum absolute atomic E-state index is 11.7. The maximum Gasteiger partial charge on any atom is 0.225 e. The lowest BCUT2D eigenvalue weighted by molar-refractivity contribution is -0.125. The average Bonchev–Trinajstić information content (AvgIpc) is 2.62. The minimum absolute atomic E-state index is 0. The first-order valence-electron chi connectivity index (χ1n) is 5.11. The second-order valence-electron chi connectivity index (χ2n) is 4.04. The molecule has 1 rings (SSSR count). The molecule has 2 unspecified atom stereocenters. The van der Waals surface area contributed by atoms with Crippen LogP contribution in [-0.4, -0.2) is 25.0 Å². The molecule has 15 heavy (non-hydrogen) atoms. The van der Waals surface area contributed by atoms with Gasteiger partial charge in [0.1, 0.15) is 0 Å². The third kappa shape index (κ3) is 3.73. The fourth-order valence-corrected chi connectivity index (χ4v) is 1.99. The average molecular weight is 231 g/mol. The van der Waals surface area contributed by atoms with Gasteiger partial charge in [-0.2, -0.15) is 0 Å². The van der Waals surface area contributed by atoms with E-state index in [0.29, 0.717) is 18.5 Å². The zero-order valence-corrected chi connectivity index (χ0v) is 10.1. The van der Waals surface area contributed by atoms with E-state index >= 15 is 0 Å². The van der Waals surface area contributed by atoms with E-state index in [1.807, 2.05) is 0 Å². The van der Waals surface area contributed by atoms with Crippen molar-refractivity contribution in [1.82, 2.24) is 10.6 Å². The normalized spacial score (nSPS) is 24.4. The van der Waals surface area contributed by atoms with E-state index in [9.17, 15) is 4.79 Å². The van der Waals surface area contributed by atoms with Crippen LogP contribution in [0.1, 0.15) is 20.3 Å². The van der Waals surface area contributed by atoms with Gasteiger partial charge in [0.15, 0.2) is 0 Å². The number of rotatable bonds is 3. The molecule has 0 radical (unpaired) electrons. The first-order valence-corrected chi connectivity index (χ1v) is 5.11. The molecule has 4 heteroatoms. The molecule has 1 aliphatic heterocycles. The molecule has 0 bridgehead atoms. The topological polar surface area (TPSA) is 41.1 Å². The number of carbonyl (C=O) groups excluding carboxylic acids is 1. The molecule has 2 atom stereocenters. The quantitative estimate of drug-likeness (QED) is 0.704. The molecule has 1 aliphatic rings. The third-order valence-electron chi connectivity index (χ3n) is 2.69. The fraction of sp³-hybridized carbons (Fsp3) is 0.727. The molecule has 86 valence electrons. The van der Waals surface area contributed by atoms with E-state index in [-0.39, 0.29) is 24.2 Å². The molecule has 0 aromatic heterocycles. The van der Waals surface area contributed by atoms with Crippen molar-refractivity contribution in [2.75, 3.05) is 13.1 Å². The summed E-state index contributed by atoms with van der Waals surface area (Å²) >= 11 is 0. The lowest BCUT2D eigenvalue weighted by atomic mass is 9.91. The van der Waals surface area contributed by atoms with Crippen molar-refractivity contribution in [3.05, 3.63) is 0 Å². The molecule has 0 aromatic rings. The third-order valence-corrected chi connectivity index (χ3v) is 2.69. The number of terminal acetylenes is 1. The molecular formula is C11H19ClN2O. The van der Waals surface area contributed by atoms with E-state index < -0.39 is 0 Å². The van der Waals surface area contributed by atoms with E-state index in [0.717, 1.165) is 13.0 Å². The molecule has 0 saturated carbocycles. The van der Waals surface area contributed by atoms with Crippen molar-refractivity contribution in [3.63, 3.8) is 0 Å². The Morgan fingerprint density at radius 3 is 2.87 bits per heavy atom. The van der Waals surface area contributed by atoms with Gasteiger partial charge in [-0.1, -0.05) is 19.8 Å². The number of hydrogen-bond acceptors (Lipinski definition) is 2. The van der Waals surface area contributed by atoms with Gasteiger partial charge in [0, 0.05) is 6.04 Å². The SMILES string of the molecule is C#CCNC(=O)C1CCNC1C(C)C.Cl. The number of carbonyl (C=O) groups is 1. The largest absolute Gasteiger partial charge is 0.345 e. The first-order chi connectivity index (χ1) is 6.66. The Morgan fingerprint density at radius 2 is 2.33 bits per heavy atom. The summed E-state index contributed by atoms with van der Waals surface area (Å²) < 4.78 is 0. The Morgan fingerprint density at radius 1 is 1.67 bits per heavy atom. The number of amides is 1. The lowest BCUT2D eigenvalue weighted by Gasteiger charge is -2.21. The molecule has 0 aliphatic carbocycles. The summed E-state index contributed by atoms with van der Waals surface area (Å²) in [5.41, 5.74) is 0. The molecule has 0 spiro atoms. The monoisotopic (exact) mass is 230 g/mol. The van der Waals surface area contributed by atoms with Gasteiger partial charge >= 0.3 is 0 Å². The highest BCUT2D eigenvalue weighted by atomic mass is 35.5. The van der Waals surface area contributed by atoms with Gasteiger partial charge in [0.05, 0.1) is 12.5 Å². The molecule has 3 nitrogen and oxygen atoms in total. The Hall–Kier alpha value is -0.720. The van der Waals surface area contributed by atoms with E-state index in [1.54, 1.807) is 0 Å². The van der Waals surface area contributed by atoms with Gasteiger partial charge in [-0.3, -0.25) is 4.79 Å². The molecular weight excluding hydrogens is 212 g/mol. The van der Waals surface area contributed by atoms with Crippen LogP contribution in [0.3, 0.4) is 0 Å². The van der Waals surface area contributed by atoms with Crippen molar-refractivity contribution in [2.24, 2.45) is 11.8 Å². The highest BCUT2D eigenvalue weighted by molar-refractivity contribution is 5.85. The Bertz CT molecular complexity index is 247. The summed E-state index contributed by atoms with van der Waals surface area (Å²) in [6.45, 7) is 5.52. The van der Waals surface area contributed by atoms with Gasteiger partial charge in [-0.15, -0.1) is 18.8 Å². The van der Waals surface area contributed by atoms with Crippen LogP contribution in [0, 0.1) is 24.2 Å². The number of nitrogens with one attached hydrogen (secondary N) is 2. The summed E-state index contributed by atoms with van der Waals surface area (Å²) in [7, 11) is 0. The van der Waals surface area contributed by atoms with E-state index in [2.05, 4.69) is 30.4 Å². The van der Waals surface area contributed by atoms with Crippen LogP contribution < -0.4 is 10.6 Å². The summed E-state index contributed by atoms with van der Waals surface area (Å²) in [5, 5.41) is 6.10. The lowest BCUT2D eigenvalue weighted by Crippen LogP contribution is -2.41. The van der Waals surface area contributed by atoms with Crippen molar-refractivity contribution in [1.29, 1.82) is 0 Å². The van der Waals surface area contributed by atoms with Gasteiger partial charge in [-0.05, 0) is 18.9 Å². The molecule has 0 aromatic carbocycles. The number of hydrogen-bond donors (Lipinski definition) is 2. The molecule has 2 N–H and O–H groups in total. The number of halogens is 1. The minimum atomic E-state index is 0. The molecule has 1 heterocycles. The van der Waals surface area contributed by atoms with Crippen molar-refractivity contribution >= 4 is 18.3 Å². The molecule has 1 amide bonds. The van der Waals surface area contributed by atoms with Gasteiger partial charge in [0.2, 0.25) is 5.91 Å². The van der Waals surface area contributed by atoms with Crippen LogP contribution in [0.4, 0.5) is 0 Å². The summed E-state index contributed by atoms with van der Waals surface area (Å²) in [6, 6.07) is 0.299. The van der Waals surface area contributed by atoms with Crippen LogP contribution in [0.15, 0.2) is 0 Å². The van der Waals surface area contributed by atoms with Gasteiger partial charge < -0.3 is 10.6 Å². The van der Waals surface area contributed by atoms with Crippen molar-refractivity contribution < 1.29 is 4.79 Å². The second kappa shape index (κ2) is 6.71. The first kappa shape index (κ1) is 14.3. The predicted molar refractivity (Wildman–Crippen MR) is 63.8 cm³/mol. The Kier molecular flexibility index (Phi) is 6.38. The summed E-state index contributed by atoms with van der Waals surface area (Å²) in [6.07, 6.45) is 6.01. The predicted octanol–water partition coefficient (Wildman–Crippen LogP) is 0.792. The summed E-state index contributed by atoms with van der Waals surface area (Å²) in [4.78, 5) is 11.7. The van der Waals surface area contributed by atoms with Crippen molar-refractivity contribution in [2.45, 2.75) is 26.3 Å². The van der Waals surface area contributed by atoms with Crippen LogP contribution in [-0.2, 0) is 4.79 Å². The smallest absolute Gasteiger partial charge is 0.225 e. The molecule has 1 fully saturated rings. The maximum atomic E-state index is 11.7. The zero-order chi connectivity index (χ0) is 10.6. The highest BCUT2D eigenvalue weighted by Crippen LogP contribution is 2.21. The fourth-order valence-electron chi connectivity index (χ4n) is 1.99. The van der Waals surface area contributed by atoms with Crippen LogP contribution in [0.25, 0.3) is 0 Å². The van der Waals surface area contributed by atoms with Gasteiger partial charge in [-0.25, -0.2) is 0 Å². The standard InChI is InChI=1S/C11H18N2O.ClH/c1-4-6-13-11(14)9-5-7-12-10(9)8(2)3;/h1,8-10,12H,5-7H2,2-3H3,(H,13,14);1H. The Balaban J connectivity index is 0.00000196. The zero-order valence-electron chi connectivity index (χ0n) is 9.25. The molecule has 1 saturated heterocycles. The van der Waals surface area contributed by atoms with Crippen LogP contribution in [0.5, 0.6) is 0 Å². The summed E-state index contributed by atoms with van der Waals surface area (Å²) in [5.74, 6) is 3.07. The van der Waals surface area contributed by atoms with Gasteiger partial charge in [0.25, 0.3) is 0 Å². The Labute approximate surface area is 97.8 Å². The van der Waals surface area contributed by atoms with Crippen LogP contribution in [0.2, 0.25) is 0 Å². The van der Waals surface area contributed by atoms with E-state index in [4.69, 9.17) is 6.42 Å². The highest BCUT2D eigenvalue weighted by Gasteiger charge is 2.33. The minimum Gasteiger partial charge on any atom is -0.345 e. The van der Waals surface area contributed by atoms with Crippen molar-refractivity contribution in [3.8, 4) is 12.3 Å².